The molecule has 17 heavy (non-hydrogen) atoms. The molecule has 0 saturated heterocycles. The molecule has 0 aliphatic carbocycles. The van der Waals surface area contributed by atoms with E-state index in [1.807, 2.05) is 0 Å². The molecule has 0 N–H and O–H groups in total. The zero-order chi connectivity index (χ0) is 12.8. The lowest BCUT2D eigenvalue weighted by Gasteiger charge is -2.33. The van der Waals surface area contributed by atoms with Gasteiger partial charge in [0.1, 0.15) is 0 Å². The molecule has 0 fully saturated rings. The maximum absolute atomic E-state index is 2.60. The van der Waals surface area contributed by atoms with Crippen molar-refractivity contribution in [3.63, 3.8) is 0 Å². The van der Waals surface area contributed by atoms with Crippen LogP contribution in [0.25, 0.3) is 0 Å². The maximum Gasteiger partial charge on any atom is 0.0198 e. The highest BCUT2D eigenvalue weighted by molar-refractivity contribution is 5.21. The van der Waals surface area contributed by atoms with E-state index in [4.69, 9.17) is 0 Å². The van der Waals surface area contributed by atoms with Crippen molar-refractivity contribution in [2.75, 3.05) is 19.6 Å². The molecule has 0 spiro atoms. The summed E-state index contributed by atoms with van der Waals surface area (Å²) >= 11 is 0. The van der Waals surface area contributed by atoms with Gasteiger partial charge in [0.25, 0.3) is 0 Å². The Kier molecular flexibility index (Phi) is 6.26. The molecule has 1 aliphatic rings. The molecule has 1 atom stereocenters. The van der Waals surface area contributed by atoms with Crippen LogP contribution in [0.2, 0.25) is 0 Å². The van der Waals surface area contributed by atoms with Gasteiger partial charge < -0.3 is 0 Å². The van der Waals surface area contributed by atoms with Gasteiger partial charge in [0.05, 0.1) is 0 Å². The SMILES string of the molecule is CCC1=C(C(C)CCC(C)C)CN(CC)CC1. The van der Waals surface area contributed by atoms with Gasteiger partial charge in [0.2, 0.25) is 0 Å². The highest BCUT2D eigenvalue weighted by atomic mass is 15.1. The van der Waals surface area contributed by atoms with E-state index in [9.17, 15) is 0 Å². The molecule has 0 bridgehead atoms. The normalized spacial score (nSPS) is 20.1. The molecule has 1 aliphatic heterocycles. The van der Waals surface area contributed by atoms with E-state index >= 15 is 0 Å². The summed E-state index contributed by atoms with van der Waals surface area (Å²) in [4.78, 5) is 2.60. The van der Waals surface area contributed by atoms with Gasteiger partial charge in [-0.25, -0.2) is 0 Å². The third-order valence-electron chi connectivity index (χ3n) is 4.22. The largest absolute Gasteiger partial charge is 0.299 e. The van der Waals surface area contributed by atoms with E-state index in [0.717, 1.165) is 11.8 Å². The minimum absolute atomic E-state index is 0.793. The van der Waals surface area contributed by atoms with E-state index in [2.05, 4.69) is 39.5 Å². The van der Waals surface area contributed by atoms with Crippen molar-refractivity contribution in [1.82, 2.24) is 4.90 Å². The summed E-state index contributed by atoms with van der Waals surface area (Å²) in [6.45, 7) is 15.4. The number of nitrogens with zero attached hydrogens (tertiary/aromatic N) is 1. The summed E-state index contributed by atoms with van der Waals surface area (Å²) < 4.78 is 0. The molecule has 0 radical (unpaired) electrons. The number of rotatable bonds is 6. The molecule has 1 nitrogen and oxygen atoms in total. The quantitative estimate of drug-likeness (QED) is 0.615. The van der Waals surface area contributed by atoms with Crippen LogP contribution in [0.1, 0.15) is 60.3 Å². The molecule has 0 aromatic rings. The van der Waals surface area contributed by atoms with Gasteiger partial charge >= 0.3 is 0 Å². The highest BCUT2D eigenvalue weighted by Crippen LogP contribution is 2.29. The standard InChI is InChI=1S/C16H31N/c1-6-15-10-11-17(7-2)12-16(15)14(5)9-8-13(3)4/h13-14H,6-12H2,1-5H3. The van der Waals surface area contributed by atoms with Crippen molar-refractivity contribution in [2.45, 2.75) is 60.3 Å². The number of likely N-dealkylation sites (N-methyl/N-ethyl adjacent to an activating group) is 1. The van der Waals surface area contributed by atoms with Crippen LogP contribution in [0, 0.1) is 11.8 Å². The van der Waals surface area contributed by atoms with Crippen molar-refractivity contribution in [3.8, 4) is 0 Å². The van der Waals surface area contributed by atoms with Gasteiger partial charge in [-0.05, 0) is 37.6 Å². The average Bonchev–Trinajstić information content (AvgIpc) is 2.34. The summed E-state index contributed by atoms with van der Waals surface area (Å²) in [7, 11) is 0. The Morgan fingerprint density at radius 2 is 1.82 bits per heavy atom. The fraction of sp³-hybridized carbons (Fsp3) is 0.875. The Morgan fingerprint density at radius 1 is 1.12 bits per heavy atom. The van der Waals surface area contributed by atoms with Crippen molar-refractivity contribution in [2.24, 2.45) is 11.8 Å². The molecule has 1 heteroatoms. The minimum atomic E-state index is 0.793. The first-order valence-corrected chi connectivity index (χ1v) is 7.51. The summed E-state index contributed by atoms with van der Waals surface area (Å²) in [5, 5.41) is 0. The van der Waals surface area contributed by atoms with Crippen LogP contribution in [0.5, 0.6) is 0 Å². The van der Waals surface area contributed by atoms with E-state index in [0.29, 0.717) is 0 Å². The predicted molar refractivity (Wildman–Crippen MR) is 77.3 cm³/mol. The lowest BCUT2D eigenvalue weighted by Crippen LogP contribution is -2.33. The summed E-state index contributed by atoms with van der Waals surface area (Å²) in [6, 6.07) is 0. The van der Waals surface area contributed by atoms with E-state index in [-0.39, 0.29) is 0 Å². The molecular weight excluding hydrogens is 206 g/mol. The second-order valence-electron chi connectivity index (χ2n) is 5.97. The molecule has 1 heterocycles. The van der Waals surface area contributed by atoms with Crippen LogP contribution in [-0.2, 0) is 0 Å². The Hall–Kier alpha value is -0.300. The van der Waals surface area contributed by atoms with Crippen LogP contribution < -0.4 is 0 Å². The second kappa shape index (κ2) is 7.20. The lowest BCUT2D eigenvalue weighted by molar-refractivity contribution is 0.282. The first kappa shape index (κ1) is 14.8. The Bertz CT molecular complexity index is 252. The van der Waals surface area contributed by atoms with Crippen molar-refractivity contribution in [1.29, 1.82) is 0 Å². The first-order valence-electron chi connectivity index (χ1n) is 7.51. The average molecular weight is 237 g/mol. The van der Waals surface area contributed by atoms with Crippen LogP contribution in [0.4, 0.5) is 0 Å². The van der Waals surface area contributed by atoms with Gasteiger partial charge in [-0.1, -0.05) is 52.2 Å². The van der Waals surface area contributed by atoms with E-state index in [1.54, 1.807) is 11.1 Å². The third-order valence-corrected chi connectivity index (χ3v) is 4.22. The van der Waals surface area contributed by atoms with Crippen molar-refractivity contribution < 1.29 is 0 Å². The Morgan fingerprint density at radius 3 is 2.35 bits per heavy atom. The molecular formula is C16H31N. The predicted octanol–water partition coefficient (Wildman–Crippen LogP) is 4.49. The van der Waals surface area contributed by atoms with Gasteiger partial charge in [-0.3, -0.25) is 4.90 Å². The lowest BCUT2D eigenvalue weighted by atomic mass is 9.85. The maximum atomic E-state index is 2.60. The summed E-state index contributed by atoms with van der Waals surface area (Å²) in [6.07, 6.45) is 5.31. The second-order valence-corrected chi connectivity index (χ2v) is 5.97. The highest BCUT2D eigenvalue weighted by Gasteiger charge is 2.20. The minimum Gasteiger partial charge on any atom is -0.299 e. The topological polar surface area (TPSA) is 3.24 Å². The molecule has 0 aromatic heterocycles. The fourth-order valence-electron chi connectivity index (χ4n) is 2.82. The van der Waals surface area contributed by atoms with Gasteiger partial charge in [-0.15, -0.1) is 0 Å². The Labute approximate surface area is 108 Å². The molecule has 0 amide bonds. The number of hydrogen-bond acceptors (Lipinski definition) is 1. The van der Waals surface area contributed by atoms with Gasteiger partial charge in [-0.2, -0.15) is 0 Å². The van der Waals surface area contributed by atoms with E-state index < -0.39 is 0 Å². The van der Waals surface area contributed by atoms with Gasteiger partial charge in [0, 0.05) is 13.1 Å². The monoisotopic (exact) mass is 237 g/mol. The fourth-order valence-corrected chi connectivity index (χ4v) is 2.82. The molecule has 1 unspecified atom stereocenters. The smallest absolute Gasteiger partial charge is 0.0198 e. The van der Waals surface area contributed by atoms with E-state index in [1.165, 1.54) is 45.3 Å². The van der Waals surface area contributed by atoms with Crippen LogP contribution in [0.15, 0.2) is 11.1 Å². The first-order chi connectivity index (χ1) is 8.08. The Balaban J connectivity index is 2.64. The zero-order valence-corrected chi connectivity index (χ0v) is 12.6. The van der Waals surface area contributed by atoms with Crippen LogP contribution >= 0.6 is 0 Å². The van der Waals surface area contributed by atoms with Crippen LogP contribution in [0.3, 0.4) is 0 Å². The van der Waals surface area contributed by atoms with Crippen molar-refractivity contribution >= 4 is 0 Å². The zero-order valence-electron chi connectivity index (χ0n) is 12.6. The third kappa shape index (κ3) is 4.46. The van der Waals surface area contributed by atoms with Gasteiger partial charge in [0.15, 0.2) is 0 Å². The number of hydrogen-bond donors (Lipinski definition) is 0. The van der Waals surface area contributed by atoms with Crippen LogP contribution in [-0.4, -0.2) is 24.5 Å². The molecule has 100 valence electrons. The van der Waals surface area contributed by atoms with Crippen molar-refractivity contribution in [3.05, 3.63) is 11.1 Å². The molecule has 0 saturated carbocycles. The molecule has 0 aromatic carbocycles. The summed E-state index contributed by atoms with van der Waals surface area (Å²) in [5.74, 6) is 1.63. The summed E-state index contributed by atoms with van der Waals surface area (Å²) in [5.41, 5.74) is 3.52. The molecule has 1 rings (SSSR count).